The molecule has 0 saturated carbocycles. The van der Waals surface area contributed by atoms with Gasteiger partial charge in [0.15, 0.2) is 0 Å². The molecule has 0 atom stereocenters. The number of para-hydroxylation sites is 1. The predicted molar refractivity (Wildman–Crippen MR) is 102 cm³/mol. The molecule has 4 nitrogen and oxygen atoms in total. The van der Waals surface area contributed by atoms with E-state index < -0.39 is 0 Å². The average Bonchev–Trinajstić information content (AvgIpc) is 2.70. The molecule has 2 aromatic heterocycles. The van der Waals surface area contributed by atoms with Gasteiger partial charge in [-0.1, -0.05) is 24.3 Å². The van der Waals surface area contributed by atoms with Gasteiger partial charge in [-0.25, -0.2) is 4.39 Å². The van der Waals surface area contributed by atoms with Gasteiger partial charge in [0.25, 0.3) is 5.56 Å². The Hall–Kier alpha value is -3.73. The van der Waals surface area contributed by atoms with Crippen LogP contribution in [-0.4, -0.2) is 14.7 Å². The number of benzene rings is 2. The van der Waals surface area contributed by atoms with Crippen LogP contribution in [0.4, 0.5) is 4.39 Å². The standard InChI is InChI=1S/C22H15FN2O2/c23-16-8-10-17(11-9-16)25-14-15(20-6-3-4-12-24-20)13-19(22(25)27)18-5-1-2-7-21(18)26/h1-14,26H. The first kappa shape index (κ1) is 16.7. The third-order valence-corrected chi connectivity index (χ3v) is 4.28. The Balaban J connectivity index is 2.01. The van der Waals surface area contributed by atoms with Crippen LogP contribution in [0.25, 0.3) is 28.1 Å². The summed E-state index contributed by atoms with van der Waals surface area (Å²) in [7, 11) is 0. The van der Waals surface area contributed by atoms with Crippen LogP contribution in [0.1, 0.15) is 0 Å². The lowest BCUT2D eigenvalue weighted by molar-refractivity contribution is 0.477. The minimum Gasteiger partial charge on any atom is -0.507 e. The van der Waals surface area contributed by atoms with E-state index in [1.807, 2.05) is 18.2 Å². The molecular formula is C22H15FN2O2. The molecule has 2 heterocycles. The van der Waals surface area contributed by atoms with E-state index in [9.17, 15) is 14.3 Å². The van der Waals surface area contributed by atoms with Crippen LogP contribution in [0, 0.1) is 5.82 Å². The number of phenols is 1. The Labute approximate surface area is 154 Å². The van der Waals surface area contributed by atoms with Gasteiger partial charge in [-0.15, -0.1) is 0 Å². The highest BCUT2D eigenvalue weighted by atomic mass is 19.1. The fourth-order valence-corrected chi connectivity index (χ4v) is 2.94. The maximum atomic E-state index is 13.3. The number of aromatic hydroxyl groups is 1. The largest absolute Gasteiger partial charge is 0.507 e. The van der Waals surface area contributed by atoms with E-state index in [1.54, 1.807) is 36.7 Å². The summed E-state index contributed by atoms with van der Waals surface area (Å²) in [6.07, 6.45) is 3.34. The Morgan fingerprint density at radius 3 is 2.33 bits per heavy atom. The van der Waals surface area contributed by atoms with Crippen molar-refractivity contribution in [2.75, 3.05) is 0 Å². The summed E-state index contributed by atoms with van der Waals surface area (Å²) < 4.78 is 14.7. The molecule has 0 aliphatic carbocycles. The van der Waals surface area contributed by atoms with Crippen molar-refractivity contribution >= 4 is 0 Å². The van der Waals surface area contributed by atoms with Crippen LogP contribution < -0.4 is 5.56 Å². The SMILES string of the molecule is O=c1c(-c2ccccc2O)cc(-c2ccccn2)cn1-c1ccc(F)cc1. The molecule has 0 amide bonds. The first-order valence-corrected chi connectivity index (χ1v) is 8.36. The van der Waals surface area contributed by atoms with E-state index in [2.05, 4.69) is 4.98 Å². The third kappa shape index (κ3) is 3.22. The number of hydrogen-bond donors (Lipinski definition) is 1. The second kappa shape index (κ2) is 6.88. The number of nitrogens with zero attached hydrogens (tertiary/aromatic N) is 2. The lowest BCUT2D eigenvalue weighted by Gasteiger charge is -2.13. The average molecular weight is 358 g/mol. The maximum Gasteiger partial charge on any atom is 0.263 e. The molecule has 0 fully saturated rings. The summed E-state index contributed by atoms with van der Waals surface area (Å²) >= 11 is 0. The molecular weight excluding hydrogens is 343 g/mol. The van der Waals surface area contributed by atoms with Crippen LogP contribution in [0.2, 0.25) is 0 Å². The van der Waals surface area contributed by atoms with Crippen molar-refractivity contribution in [2.45, 2.75) is 0 Å². The van der Waals surface area contributed by atoms with Gasteiger partial charge in [0.1, 0.15) is 11.6 Å². The van der Waals surface area contributed by atoms with Crippen molar-refractivity contribution in [1.29, 1.82) is 0 Å². The van der Waals surface area contributed by atoms with E-state index >= 15 is 0 Å². The molecule has 132 valence electrons. The molecule has 27 heavy (non-hydrogen) atoms. The third-order valence-electron chi connectivity index (χ3n) is 4.28. The minimum atomic E-state index is -0.381. The van der Waals surface area contributed by atoms with E-state index in [4.69, 9.17) is 0 Å². The Kier molecular flexibility index (Phi) is 4.26. The molecule has 5 heteroatoms. The van der Waals surface area contributed by atoms with Crippen LogP contribution >= 0.6 is 0 Å². The maximum absolute atomic E-state index is 13.3. The monoisotopic (exact) mass is 358 g/mol. The second-order valence-corrected chi connectivity index (χ2v) is 6.03. The highest BCUT2D eigenvalue weighted by Crippen LogP contribution is 2.29. The molecule has 0 saturated heterocycles. The summed E-state index contributed by atoms with van der Waals surface area (Å²) in [4.78, 5) is 17.5. The zero-order valence-corrected chi connectivity index (χ0v) is 14.2. The number of rotatable bonds is 3. The van der Waals surface area contributed by atoms with Crippen LogP contribution in [0.3, 0.4) is 0 Å². The van der Waals surface area contributed by atoms with E-state index in [0.29, 0.717) is 28.1 Å². The molecule has 0 spiro atoms. The molecule has 0 unspecified atom stereocenters. The van der Waals surface area contributed by atoms with Gasteiger partial charge in [0.05, 0.1) is 11.3 Å². The number of halogens is 1. The van der Waals surface area contributed by atoms with Gasteiger partial charge in [-0.3, -0.25) is 14.3 Å². The van der Waals surface area contributed by atoms with Crippen LogP contribution in [0.15, 0.2) is 90.0 Å². The molecule has 2 aromatic carbocycles. The lowest BCUT2D eigenvalue weighted by atomic mass is 10.0. The normalized spacial score (nSPS) is 10.7. The summed E-state index contributed by atoms with van der Waals surface area (Å²) in [5.41, 5.74) is 2.36. The number of phenolic OH excluding ortho intramolecular Hbond substituents is 1. The van der Waals surface area contributed by atoms with Crippen molar-refractivity contribution in [3.63, 3.8) is 0 Å². The quantitative estimate of drug-likeness (QED) is 0.590. The molecule has 0 radical (unpaired) electrons. The molecule has 0 bridgehead atoms. The zero-order chi connectivity index (χ0) is 18.8. The van der Waals surface area contributed by atoms with Crippen molar-refractivity contribution in [1.82, 2.24) is 9.55 Å². The van der Waals surface area contributed by atoms with E-state index in [1.165, 1.54) is 34.9 Å². The van der Waals surface area contributed by atoms with Crippen molar-refractivity contribution < 1.29 is 9.50 Å². The lowest BCUT2D eigenvalue weighted by Crippen LogP contribution is -2.20. The Bertz CT molecular complexity index is 1150. The summed E-state index contributed by atoms with van der Waals surface area (Å²) in [6, 6.07) is 19.5. The van der Waals surface area contributed by atoms with Crippen molar-refractivity contribution in [3.05, 3.63) is 101 Å². The topological polar surface area (TPSA) is 55.1 Å². The molecule has 4 rings (SSSR count). The van der Waals surface area contributed by atoms with Crippen molar-refractivity contribution in [2.24, 2.45) is 0 Å². The van der Waals surface area contributed by atoms with Gasteiger partial charge in [-0.05, 0) is 48.5 Å². The minimum absolute atomic E-state index is 0.0124. The van der Waals surface area contributed by atoms with Gasteiger partial charge in [0, 0.05) is 29.2 Å². The predicted octanol–water partition coefficient (Wildman–Crippen LogP) is 4.41. The van der Waals surface area contributed by atoms with E-state index in [0.717, 1.165) is 0 Å². The Morgan fingerprint density at radius 2 is 1.63 bits per heavy atom. The van der Waals surface area contributed by atoms with Gasteiger partial charge in [-0.2, -0.15) is 0 Å². The fourth-order valence-electron chi connectivity index (χ4n) is 2.94. The summed E-state index contributed by atoms with van der Waals surface area (Å²) in [5.74, 6) is -0.368. The fraction of sp³-hybridized carbons (Fsp3) is 0. The first-order valence-electron chi connectivity index (χ1n) is 8.36. The molecule has 0 aliphatic heterocycles. The Morgan fingerprint density at radius 1 is 0.889 bits per heavy atom. The zero-order valence-electron chi connectivity index (χ0n) is 14.2. The second-order valence-electron chi connectivity index (χ2n) is 6.03. The van der Waals surface area contributed by atoms with Gasteiger partial charge < -0.3 is 5.11 Å². The van der Waals surface area contributed by atoms with Crippen molar-refractivity contribution in [3.8, 4) is 33.8 Å². The number of aromatic nitrogens is 2. The highest BCUT2D eigenvalue weighted by molar-refractivity contribution is 5.74. The molecule has 0 aliphatic rings. The highest BCUT2D eigenvalue weighted by Gasteiger charge is 2.14. The summed E-state index contributed by atoms with van der Waals surface area (Å²) in [5, 5.41) is 10.2. The molecule has 4 aromatic rings. The van der Waals surface area contributed by atoms with Gasteiger partial charge >= 0.3 is 0 Å². The van der Waals surface area contributed by atoms with Gasteiger partial charge in [0.2, 0.25) is 0 Å². The molecule has 1 N–H and O–H groups in total. The van der Waals surface area contributed by atoms with Crippen LogP contribution in [-0.2, 0) is 0 Å². The van der Waals surface area contributed by atoms with Crippen LogP contribution in [0.5, 0.6) is 5.75 Å². The number of hydrogen-bond acceptors (Lipinski definition) is 3. The van der Waals surface area contributed by atoms with E-state index in [-0.39, 0.29) is 17.1 Å². The summed E-state index contributed by atoms with van der Waals surface area (Å²) in [6.45, 7) is 0. The number of pyridine rings is 2. The smallest absolute Gasteiger partial charge is 0.263 e. The first-order chi connectivity index (χ1) is 13.1.